The minimum absolute atomic E-state index is 0.232. The molecule has 0 spiro atoms. The van der Waals surface area contributed by atoms with Crippen LogP contribution in [0.1, 0.15) is 17.5 Å². The Morgan fingerprint density at radius 3 is 2.93 bits per heavy atom. The molecule has 0 saturated carbocycles. The first-order valence-electron chi connectivity index (χ1n) is 3.96. The van der Waals surface area contributed by atoms with E-state index in [2.05, 4.69) is 9.97 Å². The van der Waals surface area contributed by atoms with Crippen LogP contribution in [-0.4, -0.2) is 20.2 Å². The Morgan fingerprint density at radius 1 is 1.50 bits per heavy atom. The fourth-order valence-corrected chi connectivity index (χ4v) is 1.28. The molecule has 70 valence electrons. The molecule has 0 aromatic carbocycles. The van der Waals surface area contributed by atoms with Gasteiger partial charge >= 0.3 is 0 Å². The maximum atomic E-state index is 8.90. The van der Waals surface area contributed by atoms with E-state index in [1.54, 1.807) is 6.07 Å². The van der Waals surface area contributed by atoms with Crippen molar-refractivity contribution in [3.63, 3.8) is 0 Å². The van der Waals surface area contributed by atoms with Crippen molar-refractivity contribution < 1.29 is 10.2 Å². The number of H-pyrrole nitrogens is 1. The predicted octanol–water partition coefficient (Wildman–Crippen LogP) is 0.418. The number of aliphatic hydroxyl groups excluding tert-OH is 1. The van der Waals surface area contributed by atoms with Gasteiger partial charge in [0.25, 0.3) is 0 Å². The summed E-state index contributed by atoms with van der Waals surface area (Å²) in [4.78, 5) is 6.67. The summed E-state index contributed by atoms with van der Waals surface area (Å²) >= 11 is 0. The Kier molecular flexibility index (Phi) is 1.93. The van der Waals surface area contributed by atoms with Crippen molar-refractivity contribution in [3.8, 4) is 6.07 Å². The summed E-state index contributed by atoms with van der Waals surface area (Å²) in [7, 11) is 0. The molecule has 0 saturated heterocycles. The molecule has 0 radical (unpaired) electrons. The first-order chi connectivity index (χ1) is 6.72. The summed E-state index contributed by atoms with van der Waals surface area (Å²) in [6.07, 6.45) is -0.0824. The molecule has 3 N–H and O–H groups in total. The second-order valence-electron chi connectivity index (χ2n) is 2.83. The van der Waals surface area contributed by atoms with Crippen molar-refractivity contribution in [1.82, 2.24) is 9.97 Å². The molecule has 5 nitrogen and oxygen atoms in total. The molecule has 5 heteroatoms. The number of pyridine rings is 1. The number of aromatic nitrogens is 2. The van der Waals surface area contributed by atoms with E-state index in [9.17, 15) is 0 Å². The summed E-state index contributed by atoms with van der Waals surface area (Å²) < 4.78 is 0. The van der Waals surface area contributed by atoms with Crippen molar-refractivity contribution in [2.24, 2.45) is 0 Å². The van der Waals surface area contributed by atoms with Gasteiger partial charge in [0.2, 0.25) is 0 Å². The Hall–Kier alpha value is -1.90. The van der Waals surface area contributed by atoms with Gasteiger partial charge in [0, 0.05) is 11.6 Å². The molecule has 14 heavy (non-hydrogen) atoms. The summed E-state index contributed by atoms with van der Waals surface area (Å²) in [5.74, 6) is 0. The van der Waals surface area contributed by atoms with Crippen LogP contribution in [0.25, 0.3) is 11.0 Å². The van der Waals surface area contributed by atoms with Gasteiger partial charge in [-0.15, -0.1) is 0 Å². The molecule has 2 heterocycles. The summed E-state index contributed by atoms with van der Waals surface area (Å²) in [5, 5.41) is 27.2. The molecule has 0 aliphatic rings. The number of nitrogens with one attached hydrogen (secondary N) is 1. The third-order valence-corrected chi connectivity index (χ3v) is 1.95. The van der Waals surface area contributed by atoms with Gasteiger partial charge in [-0.3, -0.25) is 0 Å². The highest BCUT2D eigenvalue weighted by molar-refractivity contribution is 5.82. The Morgan fingerprint density at radius 2 is 2.29 bits per heavy atom. The van der Waals surface area contributed by atoms with E-state index >= 15 is 0 Å². The number of hydrogen-bond donors (Lipinski definition) is 3. The molecule has 0 bridgehead atoms. The maximum Gasteiger partial charge on any atom is 0.193 e. The fraction of sp³-hybridized carbons (Fsp3) is 0.111. The average molecular weight is 189 g/mol. The van der Waals surface area contributed by atoms with Crippen LogP contribution < -0.4 is 0 Å². The molecular weight excluding hydrogens is 182 g/mol. The largest absolute Gasteiger partial charge is 0.363 e. The van der Waals surface area contributed by atoms with Crippen LogP contribution >= 0.6 is 0 Å². The Balaban J connectivity index is 2.72. The van der Waals surface area contributed by atoms with Crippen LogP contribution in [0.15, 0.2) is 18.3 Å². The molecule has 0 amide bonds. The first kappa shape index (κ1) is 8.69. The SMILES string of the molecule is N#Cc1ccnc2[nH]c(C(O)O)cc12. The van der Waals surface area contributed by atoms with Crippen LogP contribution in [0.5, 0.6) is 0 Å². The molecule has 2 rings (SSSR count). The lowest BCUT2D eigenvalue weighted by Crippen LogP contribution is -1.93. The van der Waals surface area contributed by atoms with E-state index in [4.69, 9.17) is 15.5 Å². The highest BCUT2D eigenvalue weighted by atomic mass is 16.5. The standard InChI is InChI=1S/C9H7N3O2/c10-4-5-1-2-11-8-6(5)3-7(12-8)9(13)14/h1-3,9,13-14H,(H,11,12). The maximum absolute atomic E-state index is 8.90. The second-order valence-corrected chi connectivity index (χ2v) is 2.83. The summed E-state index contributed by atoms with van der Waals surface area (Å²) in [6, 6.07) is 5.08. The molecule has 2 aromatic rings. The van der Waals surface area contributed by atoms with Gasteiger partial charge < -0.3 is 15.2 Å². The van der Waals surface area contributed by atoms with Gasteiger partial charge in [-0.1, -0.05) is 0 Å². The minimum atomic E-state index is -1.57. The normalized spacial score (nSPS) is 10.7. The number of aromatic amines is 1. The van der Waals surface area contributed by atoms with Crippen LogP contribution in [0, 0.1) is 11.3 Å². The number of nitrogens with zero attached hydrogens (tertiary/aromatic N) is 2. The van der Waals surface area contributed by atoms with Gasteiger partial charge in [-0.2, -0.15) is 5.26 Å². The topological polar surface area (TPSA) is 92.9 Å². The monoisotopic (exact) mass is 189 g/mol. The van der Waals surface area contributed by atoms with Crippen LogP contribution in [0.2, 0.25) is 0 Å². The number of fused-ring (bicyclic) bond motifs is 1. The minimum Gasteiger partial charge on any atom is -0.363 e. The predicted molar refractivity (Wildman–Crippen MR) is 48.0 cm³/mol. The number of nitriles is 1. The van der Waals surface area contributed by atoms with Gasteiger partial charge in [0.1, 0.15) is 5.65 Å². The van der Waals surface area contributed by atoms with Crippen molar-refractivity contribution in [1.29, 1.82) is 5.26 Å². The van der Waals surface area contributed by atoms with E-state index < -0.39 is 6.29 Å². The Bertz CT molecular complexity index is 510. The van der Waals surface area contributed by atoms with Crippen molar-refractivity contribution in [2.45, 2.75) is 6.29 Å². The molecule has 0 fully saturated rings. The van der Waals surface area contributed by atoms with Crippen LogP contribution in [-0.2, 0) is 0 Å². The van der Waals surface area contributed by atoms with Gasteiger partial charge in [0.05, 0.1) is 17.3 Å². The zero-order chi connectivity index (χ0) is 10.1. The van der Waals surface area contributed by atoms with Crippen molar-refractivity contribution in [3.05, 3.63) is 29.6 Å². The molecular formula is C9H7N3O2. The lowest BCUT2D eigenvalue weighted by molar-refractivity contribution is -0.0453. The average Bonchev–Trinajstić information content (AvgIpc) is 2.60. The molecule has 0 aliphatic carbocycles. The van der Waals surface area contributed by atoms with Crippen LogP contribution in [0.4, 0.5) is 0 Å². The third kappa shape index (κ3) is 1.23. The van der Waals surface area contributed by atoms with Gasteiger partial charge in [-0.05, 0) is 12.1 Å². The molecule has 0 aliphatic heterocycles. The second kappa shape index (κ2) is 3.10. The molecule has 0 atom stereocenters. The summed E-state index contributed by atoms with van der Waals surface area (Å²) in [6.45, 7) is 0. The highest BCUT2D eigenvalue weighted by Gasteiger charge is 2.09. The van der Waals surface area contributed by atoms with E-state index in [0.29, 0.717) is 16.6 Å². The van der Waals surface area contributed by atoms with Gasteiger partial charge in [-0.25, -0.2) is 4.98 Å². The number of aliphatic hydroxyl groups is 2. The van der Waals surface area contributed by atoms with E-state index in [0.717, 1.165) is 0 Å². The number of rotatable bonds is 1. The van der Waals surface area contributed by atoms with E-state index in [1.165, 1.54) is 12.3 Å². The van der Waals surface area contributed by atoms with Gasteiger partial charge in [0.15, 0.2) is 6.29 Å². The lowest BCUT2D eigenvalue weighted by Gasteiger charge is -1.95. The smallest absolute Gasteiger partial charge is 0.193 e. The third-order valence-electron chi connectivity index (χ3n) is 1.95. The number of hydrogen-bond acceptors (Lipinski definition) is 4. The van der Waals surface area contributed by atoms with Crippen molar-refractivity contribution in [2.75, 3.05) is 0 Å². The van der Waals surface area contributed by atoms with Crippen LogP contribution in [0.3, 0.4) is 0 Å². The molecule has 2 aromatic heterocycles. The Labute approximate surface area is 79.3 Å². The van der Waals surface area contributed by atoms with E-state index in [1.807, 2.05) is 6.07 Å². The quantitative estimate of drug-likeness (QED) is 0.566. The zero-order valence-electron chi connectivity index (χ0n) is 7.10. The first-order valence-corrected chi connectivity index (χ1v) is 3.96. The highest BCUT2D eigenvalue weighted by Crippen LogP contribution is 2.19. The summed E-state index contributed by atoms with van der Waals surface area (Å²) in [5.41, 5.74) is 1.17. The van der Waals surface area contributed by atoms with Crippen molar-refractivity contribution >= 4 is 11.0 Å². The fourth-order valence-electron chi connectivity index (χ4n) is 1.28. The van der Waals surface area contributed by atoms with E-state index in [-0.39, 0.29) is 5.69 Å². The lowest BCUT2D eigenvalue weighted by atomic mass is 10.2. The molecule has 0 unspecified atom stereocenters. The zero-order valence-corrected chi connectivity index (χ0v) is 7.10.